The summed E-state index contributed by atoms with van der Waals surface area (Å²) in [7, 11) is 3.15. The van der Waals surface area contributed by atoms with Crippen molar-refractivity contribution in [2.45, 2.75) is 0 Å². The zero-order valence-corrected chi connectivity index (χ0v) is 15.3. The van der Waals surface area contributed by atoms with E-state index in [-0.39, 0.29) is 5.91 Å². The molecule has 138 valence electrons. The fraction of sp³-hybridized carbons (Fsp3) is 0.350. The maximum Gasteiger partial charge on any atom is 0.238 e. The largest absolute Gasteiger partial charge is 0.494 e. The van der Waals surface area contributed by atoms with E-state index in [0.29, 0.717) is 23.7 Å². The van der Waals surface area contributed by atoms with Gasteiger partial charge in [0.15, 0.2) is 0 Å². The molecular formula is C20H25N3O3. The number of rotatable bonds is 6. The SMILES string of the molecule is COc1cccc(OC)c1NC(=O)CN1CCN(c2ccccc2)CC1. The molecule has 3 rings (SSSR count). The van der Waals surface area contributed by atoms with Crippen molar-refractivity contribution < 1.29 is 14.3 Å². The summed E-state index contributed by atoms with van der Waals surface area (Å²) in [4.78, 5) is 17.0. The van der Waals surface area contributed by atoms with E-state index in [1.54, 1.807) is 26.4 Å². The van der Waals surface area contributed by atoms with E-state index >= 15 is 0 Å². The smallest absolute Gasteiger partial charge is 0.238 e. The first-order valence-electron chi connectivity index (χ1n) is 8.74. The van der Waals surface area contributed by atoms with E-state index in [2.05, 4.69) is 39.4 Å². The summed E-state index contributed by atoms with van der Waals surface area (Å²) < 4.78 is 10.7. The zero-order chi connectivity index (χ0) is 18.4. The molecule has 0 aromatic heterocycles. The number of nitrogens with one attached hydrogen (secondary N) is 1. The predicted molar refractivity (Wildman–Crippen MR) is 103 cm³/mol. The first kappa shape index (κ1) is 18.1. The second-order valence-electron chi connectivity index (χ2n) is 6.18. The Bertz CT molecular complexity index is 706. The molecular weight excluding hydrogens is 330 g/mol. The van der Waals surface area contributed by atoms with Crippen LogP contribution in [0.4, 0.5) is 11.4 Å². The van der Waals surface area contributed by atoms with Crippen molar-refractivity contribution in [1.82, 2.24) is 4.90 Å². The van der Waals surface area contributed by atoms with Crippen LogP contribution in [0.1, 0.15) is 0 Å². The van der Waals surface area contributed by atoms with Crippen LogP contribution in [0, 0.1) is 0 Å². The van der Waals surface area contributed by atoms with Crippen LogP contribution in [0.3, 0.4) is 0 Å². The number of hydrogen-bond acceptors (Lipinski definition) is 5. The maximum atomic E-state index is 12.5. The Morgan fingerprint density at radius 3 is 2.12 bits per heavy atom. The van der Waals surface area contributed by atoms with Crippen LogP contribution in [0.2, 0.25) is 0 Å². The molecule has 0 aliphatic carbocycles. The van der Waals surface area contributed by atoms with Gasteiger partial charge in [-0.3, -0.25) is 9.69 Å². The quantitative estimate of drug-likeness (QED) is 0.863. The van der Waals surface area contributed by atoms with E-state index in [4.69, 9.17) is 9.47 Å². The molecule has 0 radical (unpaired) electrons. The van der Waals surface area contributed by atoms with Crippen LogP contribution in [0.25, 0.3) is 0 Å². The highest BCUT2D eigenvalue weighted by molar-refractivity contribution is 5.95. The van der Waals surface area contributed by atoms with Crippen LogP contribution in [-0.4, -0.2) is 57.8 Å². The lowest BCUT2D eigenvalue weighted by Gasteiger charge is -2.35. The summed E-state index contributed by atoms with van der Waals surface area (Å²) in [6.07, 6.45) is 0. The number of methoxy groups -OCH3 is 2. The van der Waals surface area contributed by atoms with Crippen molar-refractivity contribution in [3.05, 3.63) is 48.5 Å². The van der Waals surface area contributed by atoms with Gasteiger partial charge in [0.2, 0.25) is 5.91 Å². The Labute approximate surface area is 154 Å². The van der Waals surface area contributed by atoms with Gasteiger partial charge in [-0.25, -0.2) is 0 Å². The van der Waals surface area contributed by atoms with Gasteiger partial charge in [0, 0.05) is 31.9 Å². The maximum absolute atomic E-state index is 12.5. The van der Waals surface area contributed by atoms with Gasteiger partial charge in [-0.1, -0.05) is 24.3 Å². The minimum atomic E-state index is -0.0686. The Morgan fingerprint density at radius 2 is 1.54 bits per heavy atom. The molecule has 26 heavy (non-hydrogen) atoms. The number of anilines is 2. The van der Waals surface area contributed by atoms with E-state index in [1.807, 2.05) is 12.1 Å². The fourth-order valence-corrected chi connectivity index (χ4v) is 3.16. The Morgan fingerprint density at radius 1 is 0.923 bits per heavy atom. The van der Waals surface area contributed by atoms with Gasteiger partial charge in [0.25, 0.3) is 0 Å². The summed E-state index contributed by atoms with van der Waals surface area (Å²) in [6, 6.07) is 15.8. The minimum Gasteiger partial charge on any atom is -0.494 e. The Balaban J connectivity index is 1.55. The topological polar surface area (TPSA) is 54.0 Å². The van der Waals surface area contributed by atoms with Gasteiger partial charge in [-0.2, -0.15) is 0 Å². The van der Waals surface area contributed by atoms with Crippen molar-refractivity contribution in [3.8, 4) is 11.5 Å². The number of piperazine rings is 1. The molecule has 1 fully saturated rings. The van der Waals surface area contributed by atoms with Crippen molar-refractivity contribution in [2.75, 3.05) is 57.2 Å². The van der Waals surface area contributed by atoms with Crippen molar-refractivity contribution in [3.63, 3.8) is 0 Å². The van der Waals surface area contributed by atoms with Crippen molar-refractivity contribution >= 4 is 17.3 Å². The number of amides is 1. The molecule has 1 heterocycles. The molecule has 0 bridgehead atoms. The van der Waals surface area contributed by atoms with E-state index in [9.17, 15) is 4.79 Å². The molecule has 1 aliphatic rings. The number of para-hydroxylation sites is 2. The molecule has 6 heteroatoms. The highest BCUT2D eigenvalue weighted by atomic mass is 16.5. The average molecular weight is 355 g/mol. The summed E-state index contributed by atoms with van der Waals surface area (Å²) >= 11 is 0. The van der Waals surface area contributed by atoms with E-state index in [0.717, 1.165) is 26.2 Å². The van der Waals surface area contributed by atoms with Crippen LogP contribution >= 0.6 is 0 Å². The molecule has 1 aliphatic heterocycles. The van der Waals surface area contributed by atoms with Gasteiger partial charge < -0.3 is 19.7 Å². The number of benzene rings is 2. The molecule has 0 unspecified atom stereocenters. The number of carbonyl (C=O) groups excluding carboxylic acids is 1. The summed E-state index contributed by atoms with van der Waals surface area (Å²) in [5, 5.41) is 2.93. The van der Waals surface area contributed by atoms with Crippen molar-refractivity contribution in [1.29, 1.82) is 0 Å². The number of hydrogen-bond donors (Lipinski definition) is 1. The third-order valence-corrected chi connectivity index (χ3v) is 4.55. The van der Waals surface area contributed by atoms with E-state index < -0.39 is 0 Å². The molecule has 0 spiro atoms. The molecule has 0 atom stereocenters. The lowest BCUT2D eigenvalue weighted by atomic mass is 10.2. The Kier molecular flexibility index (Phi) is 5.96. The van der Waals surface area contributed by atoms with Crippen LogP contribution in [0.15, 0.2) is 48.5 Å². The summed E-state index contributed by atoms with van der Waals surface area (Å²) in [5.74, 6) is 1.11. The fourth-order valence-electron chi connectivity index (χ4n) is 3.16. The lowest BCUT2D eigenvalue weighted by molar-refractivity contribution is -0.117. The standard InChI is InChI=1S/C20H25N3O3/c1-25-17-9-6-10-18(26-2)20(17)21-19(24)15-22-11-13-23(14-12-22)16-7-4-3-5-8-16/h3-10H,11-15H2,1-2H3,(H,21,24). The highest BCUT2D eigenvalue weighted by Crippen LogP contribution is 2.34. The van der Waals surface area contributed by atoms with Crippen LogP contribution in [-0.2, 0) is 4.79 Å². The Hall–Kier alpha value is -2.73. The third-order valence-electron chi connectivity index (χ3n) is 4.55. The molecule has 1 N–H and O–H groups in total. The van der Waals surface area contributed by atoms with Crippen molar-refractivity contribution in [2.24, 2.45) is 0 Å². The zero-order valence-electron chi connectivity index (χ0n) is 15.3. The third kappa shape index (κ3) is 4.26. The van der Waals surface area contributed by atoms with Crippen LogP contribution < -0.4 is 19.7 Å². The first-order valence-corrected chi connectivity index (χ1v) is 8.74. The first-order chi connectivity index (χ1) is 12.7. The van der Waals surface area contributed by atoms with Gasteiger partial charge >= 0.3 is 0 Å². The van der Waals surface area contributed by atoms with Gasteiger partial charge in [0.05, 0.1) is 20.8 Å². The monoisotopic (exact) mass is 355 g/mol. The van der Waals surface area contributed by atoms with Gasteiger partial charge in [-0.15, -0.1) is 0 Å². The summed E-state index contributed by atoms with van der Waals surface area (Å²) in [5.41, 5.74) is 1.81. The number of ether oxygens (including phenoxy) is 2. The number of nitrogens with zero attached hydrogens (tertiary/aromatic N) is 2. The molecule has 1 amide bonds. The summed E-state index contributed by atoms with van der Waals surface area (Å²) in [6.45, 7) is 3.88. The predicted octanol–water partition coefficient (Wildman–Crippen LogP) is 2.46. The average Bonchev–Trinajstić information content (AvgIpc) is 2.69. The highest BCUT2D eigenvalue weighted by Gasteiger charge is 2.20. The molecule has 1 saturated heterocycles. The van der Waals surface area contributed by atoms with Gasteiger partial charge in [0.1, 0.15) is 17.2 Å². The molecule has 6 nitrogen and oxygen atoms in total. The second kappa shape index (κ2) is 8.58. The van der Waals surface area contributed by atoms with Gasteiger partial charge in [-0.05, 0) is 24.3 Å². The normalized spacial score (nSPS) is 14.8. The molecule has 2 aromatic carbocycles. The van der Waals surface area contributed by atoms with Crippen LogP contribution in [0.5, 0.6) is 11.5 Å². The second-order valence-corrected chi connectivity index (χ2v) is 6.18. The lowest BCUT2D eigenvalue weighted by Crippen LogP contribution is -2.48. The number of carbonyl (C=O) groups is 1. The van der Waals surface area contributed by atoms with E-state index in [1.165, 1.54) is 5.69 Å². The molecule has 0 saturated carbocycles. The molecule has 2 aromatic rings. The minimum absolute atomic E-state index is 0.0686.